The van der Waals surface area contributed by atoms with Gasteiger partial charge in [0, 0.05) is 10.5 Å². The molecule has 4 nitrogen and oxygen atoms in total. The zero-order valence-corrected chi connectivity index (χ0v) is 13.5. The van der Waals surface area contributed by atoms with E-state index in [1.807, 2.05) is 6.92 Å². The minimum absolute atomic E-state index is 0.220. The number of sulfonamides is 1. The molecule has 2 aromatic carbocycles. The molecule has 106 valence electrons. The van der Waals surface area contributed by atoms with Crippen molar-refractivity contribution in [2.24, 2.45) is 0 Å². The predicted octanol–water partition coefficient (Wildman–Crippen LogP) is 3.57. The highest BCUT2D eigenvalue weighted by Gasteiger charge is 2.15. The molecule has 0 bridgehead atoms. The second-order valence-corrected chi connectivity index (χ2v) is 6.80. The highest BCUT2D eigenvalue weighted by atomic mass is 79.9. The molecule has 0 unspecified atom stereocenters. The van der Waals surface area contributed by atoms with Gasteiger partial charge in [-0.25, -0.2) is 8.42 Å². The predicted molar refractivity (Wildman–Crippen MR) is 82.7 cm³/mol. The van der Waals surface area contributed by atoms with Crippen LogP contribution in [0.3, 0.4) is 0 Å². The van der Waals surface area contributed by atoms with E-state index in [0.29, 0.717) is 15.9 Å². The van der Waals surface area contributed by atoms with E-state index in [9.17, 15) is 8.42 Å². The number of ether oxygens (including phenoxy) is 1. The van der Waals surface area contributed by atoms with Crippen LogP contribution in [0.5, 0.6) is 5.75 Å². The van der Waals surface area contributed by atoms with Crippen LogP contribution in [0.2, 0.25) is 0 Å². The van der Waals surface area contributed by atoms with Gasteiger partial charge in [0.05, 0.1) is 17.7 Å². The van der Waals surface area contributed by atoms with Gasteiger partial charge in [-0.3, -0.25) is 4.72 Å². The molecule has 0 aliphatic heterocycles. The number of hydrogen-bond acceptors (Lipinski definition) is 3. The summed E-state index contributed by atoms with van der Waals surface area (Å²) in [6.45, 7) is 1.91. The zero-order valence-electron chi connectivity index (χ0n) is 11.1. The van der Waals surface area contributed by atoms with E-state index in [4.69, 9.17) is 4.74 Å². The molecule has 0 saturated heterocycles. The fourth-order valence-corrected chi connectivity index (χ4v) is 3.18. The number of benzene rings is 2. The van der Waals surface area contributed by atoms with Crippen LogP contribution in [0, 0.1) is 6.92 Å². The summed E-state index contributed by atoms with van der Waals surface area (Å²) >= 11 is 3.31. The molecular weight excluding hydrogens is 342 g/mol. The SMILES string of the molecule is COc1ccc(Br)c(NS(=O)(=O)c2ccc(C)cc2)c1. The number of anilines is 1. The van der Waals surface area contributed by atoms with Crippen LogP contribution in [-0.2, 0) is 10.0 Å². The van der Waals surface area contributed by atoms with E-state index in [-0.39, 0.29) is 4.90 Å². The quantitative estimate of drug-likeness (QED) is 0.911. The highest BCUT2D eigenvalue weighted by Crippen LogP contribution is 2.29. The van der Waals surface area contributed by atoms with Gasteiger partial charge in [-0.1, -0.05) is 17.7 Å². The summed E-state index contributed by atoms with van der Waals surface area (Å²) in [5.41, 5.74) is 1.44. The molecular formula is C14H14BrNO3S. The second-order valence-electron chi connectivity index (χ2n) is 4.26. The van der Waals surface area contributed by atoms with Crippen LogP contribution in [-0.4, -0.2) is 15.5 Å². The third kappa shape index (κ3) is 3.32. The first kappa shape index (κ1) is 14.9. The summed E-state index contributed by atoms with van der Waals surface area (Å²) in [4.78, 5) is 0.220. The molecule has 0 heterocycles. The second kappa shape index (κ2) is 5.85. The van der Waals surface area contributed by atoms with Gasteiger partial charge in [0.1, 0.15) is 5.75 Å². The molecule has 0 radical (unpaired) electrons. The third-order valence-electron chi connectivity index (χ3n) is 2.75. The smallest absolute Gasteiger partial charge is 0.261 e. The fourth-order valence-electron chi connectivity index (χ4n) is 1.63. The van der Waals surface area contributed by atoms with Gasteiger partial charge in [0.2, 0.25) is 0 Å². The van der Waals surface area contributed by atoms with E-state index in [1.54, 1.807) is 42.5 Å². The van der Waals surface area contributed by atoms with E-state index in [2.05, 4.69) is 20.7 Å². The normalized spacial score (nSPS) is 11.2. The largest absolute Gasteiger partial charge is 0.497 e. The Morgan fingerprint density at radius 2 is 1.75 bits per heavy atom. The Labute approximate surface area is 127 Å². The van der Waals surface area contributed by atoms with Crippen LogP contribution >= 0.6 is 15.9 Å². The van der Waals surface area contributed by atoms with Crippen LogP contribution in [0.25, 0.3) is 0 Å². The molecule has 0 saturated carbocycles. The first-order valence-corrected chi connectivity index (χ1v) is 8.13. The van der Waals surface area contributed by atoms with Crippen molar-refractivity contribution < 1.29 is 13.2 Å². The highest BCUT2D eigenvalue weighted by molar-refractivity contribution is 9.10. The van der Waals surface area contributed by atoms with Gasteiger partial charge in [-0.05, 0) is 47.1 Å². The Morgan fingerprint density at radius 3 is 2.35 bits per heavy atom. The molecule has 0 fully saturated rings. The minimum atomic E-state index is -3.61. The van der Waals surface area contributed by atoms with E-state index in [0.717, 1.165) is 5.56 Å². The van der Waals surface area contributed by atoms with Crippen molar-refractivity contribution in [2.75, 3.05) is 11.8 Å². The van der Waals surface area contributed by atoms with Crippen molar-refractivity contribution in [3.8, 4) is 5.75 Å². The van der Waals surface area contributed by atoms with Gasteiger partial charge < -0.3 is 4.74 Å². The molecule has 2 aromatic rings. The zero-order chi connectivity index (χ0) is 14.8. The van der Waals surface area contributed by atoms with Crippen molar-refractivity contribution in [1.29, 1.82) is 0 Å². The van der Waals surface area contributed by atoms with Crippen molar-refractivity contribution in [1.82, 2.24) is 0 Å². The minimum Gasteiger partial charge on any atom is -0.497 e. The molecule has 0 aliphatic rings. The summed E-state index contributed by atoms with van der Waals surface area (Å²) in [6.07, 6.45) is 0. The Kier molecular flexibility index (Phi) is 4.35. The number of methoxy groups -OCH3 is 1. The Hall–Kier alpha value is -1.53. The third-order valence-corrected chi connectivity index (χ3v) is 4.82. The lowest BCUT2D eigenvalue weighted by molar-refractivity contribution is 0.415. The van der Waals surface area contributed by atoms with Gasteiger partial charge >= 0.3 is 0 Å². The van der Waals surface area contributed by atoms with Crippen molar-refractivity contribution in [3.63, 3.8) is 0 Å². The molecule has 0 spiro atoms. The van der Waals surface area contributed by atoms with Crippen molar-refractivity contribution >= 4 is 31.6 Å². The van der Waals surface area contributed by atoms with Crippen LogP contribution < -0.4 is 9.46 Å². The van der Waals surface area contributed by atoms with Crippen molar-refractivity contribution in [3.05, 3.63) is 52.5 Å². The summed E-state index contributed by atoms with van der Waals surface area (Å²) in [5.74, 6) is 0.579. The summed E-state index contributed by atoms with van der Waals surface area (Å²) in [6, 6.07) is 11.8. The van der Waals surface area contributed by atoms with Gasteiger partial charge in [0.15, 0.2) is 0 Å². The van der Waals surface area contributed by atoms with Gasteiger partial charge in [-0.15, -0.1) is 0 Å². The lowest BCUT2D eigenvalue weighted by Crippen LogP contribution is -2.13. The monoisotopic (exact) mass is 355 g/mol. The number of aryl methyl sites for hydroxylation is 1. The fraction of sp³-hybridized carbons (Fsp3) is 0.143. The van der Waals surface area contributed by atoms with E-state index >= 15 is 0 Å². The number of halogens is 1. The van der Waals surface area contributed by atoms with Gasteiger partial charge in [-0.2, -0.15) is 0 Å². The Bertz CT molecular complexity index is 712. The summed E-state index contributed by atoms with van der Waals surface area (Å²) < 4.78 is 32.9. The average molecular weight is 356 g/mol. The first-order chi connectivity index (χ1) is 9.42. The molecule has 0 atom stereocenters. The summed E-state index contributed by atoms with van der Waals surface area (Å²) in [7, 11) is -2.08. The Balaban J connectivity index is 2.35. The lowest BCUT2D eigenvalue weighted by atomic mass is 10.2. The average Bonchev–Trinajstić information content (AvgIpc) is 2.41. The molecule has 20 heavy (non-hydrogen) atoms. The molecule has 1 N–H and O–H groups in total. The maximum absolute atomic E-state index is 12.3. The molecule has 0 aromatic heterocycles. The van der Waals surface area contributed by atoms with E-state index in [1.165, 1.54) is 7.11 Å². The number of rotatable bonds is 4. The maximum Gasteiger partial charge on any atom is 0.261 e. The number of nitrogens with one attached hydrogen (secondary N) is 1. The Morgan fingerprint density at radius 1 is 1.10 bits per heavy atom. The van der Waals surface area contributed by atoms with Crippen LogP contribution in [0.15, 0.2) is 51.8 Å². The molecule has 0 amide bonds. The van der Waals surface area contributed by atoms with Crippen LogP contribution in [0.4, 0.5) is 5.69 Å². The number of hydrogen-bond donors (Lipinski definition) is 1. The topological polar surface area (TPSA) is 55.4 Å². The first-order valence-electron chi connectivity index (χ1n) is 5.85. The maximum atomic E-state index is 12.3. The lowest BCUT2D eigenvalue weighted by Gasteiger charge is -2.11. The molecule has 0 aliphatic carbocycles. The van der Waals surface area contributed by atoms with E-state index < -0.39 is 10.0 Å². The molecule has 2 rings (SSSR count). The summed E-state index contributed by atoms with van der Waals surface area (Å²) in [5, 5.41) is 0. The van der Waals surface area contributed by atoms with Crippen molar-refractivity contribution in [2.45, 2.75) is 11.8 Å². The van der Waals surface area contributed by atoms with Crippen LogP contribution in [0.1, 0.15) is 5.56 Å². The standard InChI is InChI=1S/C14H14BrNO3S/c1-10-3-6-12(7-4-10)20(17,18)16-14-9-11(19-2)5-8-13(14)15/h3-9,16H,1-2H3. The van der Waals surface area contributed by atoms with Gasteiger partial charge in [0.25, 0.3) is 10.0 Å². The molecule has 6 heteroatoms.